The number of ether oxygens (including phenoxy) is 2. The molecular formula is C29H42O2. The summed E-state index contributed by atoms with van der Waals surface area (Å²) < 4.78 is 13.0. The van der Waals surface area contributed by atoms with Crippen molar-refractivity contribution in [1.82, 2.24) is 0 Å². The highest BCUT2D eigenvalue weighted by Gasteiger charge is 2.59. The lowest BCUT2D eigenvalue weighted by molar-refractivity contribution is -0.0971. The van der Waals surface area contributed by atoms with Gasteiger partial charge in [0.05, 0.1) is 11.7 Å². The Labute approximate surface area is 189 Å². The Balaban J connectivity index is 1.34. The number of para-hydroxylation sites is 1. The van der Waals surface area contributed by atoms with Crippen molar-refractivity contribution in [2.45, 2.75) is 104 Å². The summed E-state index contributed by atoms with van der Waals surface area (Å²) in [5.74, 6) is 3.53. The van der Waals surface area contributed by atoms with E-state index in [4.69, 9.17) is 9.47 Å². The fourth-order valence-electron chi connectivity index (χ4n) is 8.04. The van der Waals surface area contributed by atoms with Crippen LogP contribution in [0.3, 0.4) is 0 Å². The summed E-state index contributed by atoms with van der Waals surface area (Å²) in [6.07, 6.45) is 13.6. The molecule has 0 radical (unpaired) electrons. The maximum absolute atomic E-state index is 6.59. The molecule has 0 N–H and O–H groups in total. The van der Waals surface area contributed by atoms with Gasteiger partial charge in [-0.15, -0.1) is 0 Å². The van der Waals surface area contributed by atoms with Crippen molar-refractivity contribution in [3.63, 3.8) is 0 Å². The summed E-state index contributed by atoms with van der Waals surface area (Å²) in [6, 6.07) is 10.5. The molecule has 170 valence electrons. The highest BCUT2D eigenvalue weighted by molar-refractivity contribution is 5.26. The molecule has 0 spiro atoms. The molecule has 4 aliphatic rings. The minimum absolute atomic E-state index is 0.0412. The van der Waals surface area contributed by atoms with E-state index in [1.807, 2.05) is 0 Å². The van der Waals surface area contributed by atoms with E-state index in [1.165, 1.54) is 44.9 Å². The van der Waals surface area contributed by atoms with Gasteiger partial charge in [0.15, 0.2) is 0 Å². The molecule has 5 rings (SSSR count). The second-order valence-corrected chi connectivity index (χ2v) is 12.4. The van der Waals surface area contributed by atoms with Crippen LogP contribution in [0.15, 0.2) is 42.0 Å². The minimum Gasteiger partial charge on any atom is -0.490 e. The molecule has 0 bridgehead atoms. The van der Waals surface area contributed by atoms with E-state index in [2.05, 4.69) is 71.0 Å². The molecule has 0 aliphatic heterocycles. The summed E-state index contributed by atoms with van der Waals surface area (Å²) in [5, 5.41) is 0. The fraction of sp³-hybridized carbons (Fsp3) is 0.724. The first-order valence-electron chi connectivity index (χ1n) is 12.8. The number of allylic oxidation sites excluding steroid dienone is 1. The second-order valence-electron chi connectivity index (χ2n) is 12.4. The van der Waals surface area contributed by atoms with E-state index >= 15 is 0 Å². The van der Waals surface area contributed by atoms with Gasteiger partial charge in [0.2, 0.25) is 0 Å². The topological polar surface area (TPSA) is 18.5 Å². The smallest absolute Gasteiger partial charge is 0.119 e. The minimum atomic E-state index is -0.0412. The highest BCUT2D eigenvalue weighted by atomic mass is 16.5. The number of fused-ring (bicyclic) bond motifs is 5. The molecular weight excluding hydrogens is 380 g/mol. The zero-order valence-corrected chi connectivity index (χ0v) is 20.3. The number of hydrogen-bond donors (Lipinski definition) is 0. The third-order valence-electron chi connectivity index (χ3n) is 9.51. The first-order chi connectivity index (χ1) is 14.7. The monoisotopic (exact) mass is 422 g/mol. The largest absolute Gasteiger partial charge is 0.490 e. The lowest BCUT2D eigenvalue weighted by atomic mass is 9.48. The Morgan fingerprint density at radius 1 is 0.903 bits per heavy atom. The predicted molar refractivity (Wildman–Crippen MR) is 127 cm³/mol. The lowest BCUT2D eigenvalue weighted by Crippen LogP contribution is -2.52. The molecule has 2 heteroatoms. The molecule has 2 nitrogen and oxygen atoms in total. The van der Waals surface area contributed by atoms with Gasteiger partial charge in [-0.1, -0.05) is 43.7 Å². The van der Waals surface area contributed by atoms with Crippen molar-refractivity contribution in [2.75, 3.05) is 0 Å². The van der Waals surface area contributed by atoms with Crippen molar-refractivity contribution >= 4 is 0 Å². The van der Waals surface area contributed by atoms with Gasteiger partial charge < -0.3 is 9.47 Å². The van der Waals surface area contributed by atoms with Crippen LogP contribution in [0.1, 0.15) is 86.0 Å². The number of benzene rings is 1. The standard InChI is InChI=1S/C29H42O2/c1-27(2,3)31-22-15-17-28(4)20(19-22)11-12-23-24-13-14-26(29(24,5)18-16-25(23)28)30-21-9-7-6-8-10-21/h6-11,22-26H,12-19H2,1-5H3/t22-,23-,24-,25-,26+,28-,29-/m0/s1. The maximum atomic E-state index is 6.59. The van der Waals surface area contributed by atoms with Crippen LogP contribution in [0.4, 0.5) is 0 Å². The average Bonchev–Trinajstić information content (AvgIpc) is 3.04. The van der Waals surface area contributed by atoms with Gasteiger partial charge in [0.1, 0.15) is 11.9 Å². The van der Waals surface area contributed by atoms with E-state index in [0.29, 0.717) is 23.0 Å². The normalized spacial score (nSPS) is 42.2. The average molecular weight is 423 g/mol. The Hall–Kier alpha value is -1.28. The third-order valence-corrected chi connectivity index (χ3v) is 9.51. The van der Waals surface area contributed by atoms with E-state index in [0.717, 1.165) is 29.9 Å². The van der Waals surface area contributed by atoms with Gasteiger partial charge in [0, 0.05) is 5.41 Å². The quantitative estimate of drug-likeness (QED) is 0.467. The van der Waals surface area contributed by atoms with E-state index in [1.54, 1.807) is 5.57 Å². The molecule has 7 atom stereocenters. The van der Waals surface area contributed by atoms with Crippen LogP contribution in [0.2, 0.25) is 0 Å². The fourth-order valence-corrected chi connectivity index (χ4v) is 8.04. The number of hydrogen-bond acceptors (Lipinski definition) is 2. The maximum Gasteiger partial charge on any atom is 0.119 e. The van der Waals surface area contributed by atoms with Crippen LogP contribution in [0.25, 0.3) is 0 Å². The summed E-state index contributed by atoms with van der Waals surface area (Å²) in [5.41, 5.74) is 2.39. The van der Waals surface area contributed by atoms with Gasteiger partial charge in [-0.2, -0.15) is 0 Å². The summed E-state index contributed by atoms with van der Waals surface area (Å²) in [6.45, 7) is 11.7. The first kappa shape index (κ1) is 21.6. The van der Waals surface area contributed by atoms with E-state index < -0.39 is 0 Å². The molecule has 31 heavy (non-hydrogen) atoms. The first-order valence-corrected chi connectivity index (χ1v) is 12.8. The van der Waals surface area contributed by atoms with Crippen molar-refractivity contribution in [1.29, 1.82) is 0 Å². The Bertz CT molecular complexity index is 821. The molecule has 0 amide bonds. The van der Waals surface area contributed by atoms with Crippen molar-refractivity contribution in [3.8, 4) is 5.75 Å². The van der Waals surface area contributed by atoms with Crippen LogP contribution in [-0.2, 0) is 4.74 Å². The molecule has 1 aromatic rings. The number of rotatable bonds is 3. The SMILES string of the molecule is CC(C)(C)O[C@H]1CC[C@@]2(C)C(=CC[C@H]3[C@@H]4CC[C@@H](Oc5ccccc5)[C@@]4(C)CC[C@@H]32)C1. The zero-order valence-electron chi connectivity index (χ0n) is 20.3. The molecule has 0 heterocycles. The molecule has 3 saturated carbocycles. The molecule has 0 aromatic heterocycles. The van der Waals surface area contributed by atoms with Gasteiger partial charge in [-0.3, -0.25) is 0 Å². The zero-order chi connectivity index (χ0) is 21.9. The molecule has 0 saturated heterocycles. The van der Waals surface area contributed by atoms with Crippen LogP contribution < -0.4 is 4.74 Å². The van der Waals surface area contributed by atoms with Gasteiger partial charge in [0.25, 0.3) is 0 Å². The van der Waals surface area contributed by atoms with Gasteiger partial charge in [-0.25, -0.2) is 0 Å². The van der Waals surface area contributed by atoms with Crippen LogP contribution in [0, 0.1) is 28.6 Å². The van der Waals surface area contributed by atoms with Gasteiger partial charge >= 0.3 is 0 Å². The third kappa shape index (κ3) is 3.77. The molecule has 0 unspecified atom stereocenters. The molecule has 4 aliphatic carbocycles. The highest BCUT2D eigenvalue weighted by Crippen LogP contribution is 2.65. The lowest BCUT2D eigenvalue weighted by Gasteiger charge is -2.58. The van der Waals surface area contributed by atoms with E-state index in [-0.39, 0.29) is 5.60 Å². The summed E-state index contributed by atoms with van der Waals surface area (Å²) in [7, 11) is 0. The van der Waals surface area contributed by atoms with Crippen LogP contribution >= 0.6 is 0 Å². The van der Waals surface area contributed by atoms with Crippen LogP contribution in [-0.4, -0.2) is 17.8 Å². The molecule has 1 aromatic carbocycles. The Morgan fingerprint density at radius 3 is 2.42 bits per heavy atom. The van der Waals surface area contributed by atoms with Gasteiger partial charge in [-0.05, 0) is 107 Å². The second kappa shape index (κ2) is 7.65. The summed E-state index contributed by atoms with van der Waals surface area (Å²) in [4.78, 5) is 0. The Kier molecular flexibility index (Phi) is 5.32. The summed E-state index contributed by atoms with van der Waals surface area (Å²) >= 11 is 0. The van der Waals surface area contributed by atoms with Crippen molar-refractivity contribution < 1.29 is 9.47 Å². The Morgan fingerprint density at radius 2 is 1.68 bits per heavy atom. The van der Waals surface area contributed by atoms with Crippen molar-refractivity contribution in [2.24, 2.45) is 28.6 Å². The van der Waals surface area contributed by atoms with E-state index in [9.17, 15) is 0 Å². The molecule has 3 fully saturated rings. The van der Waals surface area contributed by atoms with Crippen molar-refractivity contribution in [3.05, 3.63) is 42.0 Å². The van der Waals surface area contributed by atoms with Crippen LogP contribution in [0.5, 0.6) is 5.75 Å². The predicted octanol–water partition coefficient (Wildman–Crippen LogP) is 7.58.